The molecule has 4 heterocycles. The lowest BCUT2D eigenvalue weighted by atomic mass is 10.2. The van der Waals surface area contributed by atoms with Crippen molar-refractivity contribution < 1.29 is 56.4 Å². The van der Waals surface area contributed by atoms with Crippen molar-refractivity contribution in [2.75, 3.05) is 138 Å². The number of carbonyl (C=O) groups excluding carboxylic acids is 5. The lowest BCUT2D eigenvalue weighted by molar-refractivity contribution is -0.134. The summed E-state index contributed by atoms with van der Waals surface area (Å²) in [7, 11) is 0. The van der Waals surface area contributed by atoms with Crippen molar-refractivity contribution in [1.29, 1.82) is 0 Å². The molecule has 81 heavy (non-hydrogen) atoms. The monoisotopic (exact) mass is 1130 g/mol. The maximum Gasteiger partial charge on any atom is 0.414 e. The fraction of sp³-hybridized carbons (Fsp3) is 0.508. The Morgan fingerprint density at radius 1 is 0.605 bits per heavy atom. The molecule has 2 atom stereocenters. The van der Waals surface area contributed by atoms with Crippen molar-refractivity contribution in [3.8, 4) is 11.5 Å². The van der Waals surface area contributed by atoms with Gasteiger partial charge in [0.2, 0.25) is 0 Å². The van der Waals surface area contributed by atoms with Gasteiger partial charge in [0.1, 0.15) is 40.9 Å². The third kappa shape index (κ3) is 17.3. The first kappa shape index (κ1) is 61.2. The number of nitrogens with one attached hydrogen (secondary N) is 1. The Hall–Kier alpha value is -7.43. The zero-order chi connectivity index (χ0) is 58.2. The van der Waals surface area contributed by atoms with E-state index in [1.165, 1.54) is 33.1 Å². The Morgan fingerprint density at radius 3 is 1.36 bits per heavy atom. The van der Waals surface area contributed by atoms with Gasteiger partial charge in [0.25, 0.3) is 11.8 Å². The third-order valence-corrected chi connectivity index (χ3v) is 14.5. The summed E-state index contributed by atoms with van der Waals surface area (Å²) < 4.78 is 57.3. The number of rotatable bonds is 21. The maximum atomic E-state index is 15.2. The largest absolute Gasteiger partial charge is 0.484 e. The number of ether oxygens (including phenoxy) is 5. The van der Waals surface area contributed by atoms with Crippen molar-refractivity contribution in [2.45, 2.75) is 79.4 Å². The van der Waals surface area contributed by atoms with Crippen LogP contribution in [0.4, 0.5) is 45.9 Å². The molecule has 440 valence electrons. The summed E-state index contributed by atoms with van der Waals surface area (Å²) in [5.74, 6) is 0.208. The summed E-state index contributed by atoms with van der Waals surface area (Å²) in [5, 5.41) is 2.59. The van der Waals surface area contributed by atoms with Gasteiger partial charge in [-0.05, 0) is 119 Å². The number of hydrogen-bond donors (Lipinski definition) is 2. The normalized spacial score (nSPS) is 17.5. The molecule has 4 aromatic rings. The minimum atomic E-state index is -0.642. The number of nitrogens with two attached hydrogens (primary N) is 1. The summed E-state index contributed by atoms with van der Waals surface area (Å²) in [5.41, 5.74) is 8.98. The van der Waals surface area contributed by atoms with E-state index in [1.807, 2.05) is 58.3 Å². The molecule has 0 aromatic heterocycles. The molecule has 22 heteroatoms. The standard InChI is InChI=1S/C32H44FN5O6.C27H36FN5O4/c1-6-35(7-2)20-23-8-11-25(12-9-23)42-22-29(39)37-16-14-36(15-17-37)28-13-10-24(18-27(28)33)38-21-26(43-31(38)41)19-34-30(40)44-32(3,4)5;1-3-30(4-2)17-20-5-8-22(9-6-20)36-19-26(34)32-13-11-31(12-14-32)25-10-7-21(15-24(25)28)33-18-23(16-29)37-27(33)35/h8-13,18,26H,6-7,14-17,19-22H2,1-5H3,(H,34,40);5-10,15,23H,3-4,11-14,16-19,29H2,1-2H3/t26-;23-/m00/s1. The van der Waals surface area contributed by atoms with E-state index in [1.54, 1.807) is 54.8 Å². The van der Waals surface area contributed by atoms with Crippen LogP contribution in [0.2, 0.25) is 0 Å². The van der Waals surface area contributed by atoms with E-state index in [2.05, 4.69) is 42.8 Å². The molecule has 4 fully saturated rings. The fourth-order valence-electron chi connectivity index (χ4n) is 9.70. The maximum absolute atomic E-state index is 15.2. The first-order valence-electron chi connectivity index (χ1n) is 28.0. The van der Waals surface area contributed by atoms with Crippen LogP contribution in [0.15, 0.2) is 84.9 Å². The van der Waals surface area contributed by atoms with E-state index in [4.69, 9.17) is 29.4 Å². The number of cyclic esters (lactones) is 2. The zero-order valence-electron chi connectivity index (χ0n) is 47.9. The molecule has 4 aliphatic rings. The first-order valence-corrected chi connectivity index (χ1v) is 28.0. The van der Waals surface area contributed by atoms with Crippen LogP contribution >= 0.6 is 0 Å². The molecule has 0 radical (unpaired) electrons. The number of hydrogen-bond acceptors (Lipinski definition) is 15. The van der Waals surface area contributed by atoms with E-state index in [-0.39, 0.29) is 50.8 Å². The van der Waals surface area contributed by atoms with Gasteiger partial charge in [-0.15, -0.1) is 0 Å². The number of anilines is 4. The van der Waals surface area contributed by atoms with Crippen molar-refractivity contribution in [3.05, 3.63) is 108 Å². The predicted molar refractivity (Wildman–Crippen MR) is 306 cm³/mol. The summed E-state index contributed by atoms with van der Waals surface area (Å²) in [6.07, 6.45) is -2.72. The summed E-state index contributed by atoms with van der Waals surface area (Å²) in [6.45, 7) is 24.0. The van der Waals surface area contributed by atoms with Gasteiger partial charge in [-0.2, -0.15) is 0 Å². The van der Waals surface area contributed by atoms with Crippen LogP contribution in [0.5, 0.6) is 11.5 Å². The number of piperazine rings is 2. The number of alkyl carbamates (subject to hydrolysis) is 1. The molecule has 3 N–H and O–H groups in total. The predicted octanol–water partition coefficient (Wildman–Crippen LogP) is 6.92. The Morgan fingerprint density at radius 2 is 1.00 bits per heavy atom. The third-order valence-electron chi connectivity index (χ3n) is 14.5. The second-order valence-corrected chi connectivity index (χ2v) is 21.1. The SMILES string of the molecule is CCN(CC)Cc1ccc(OCC(=O)N2CCN(c3ccc(N4C[C@H](CN)OC4=O)cc3F)CC2)cc1.CCN(CC)Cc1ccc(OCC(=O)N2CCN(c3ccc(N4C[C@H](CNC(=O)OC(C)(C)C)OC4=O)cc3F)CC2)cc1. The highest BCUT2D eigenvalue weighted by molar-refractivity contribution is 5.91. The molecule has 0 saturated carbocycles. The van der Waals surface area contributed by atoms with Crippen molar-refractivity contribution in [3.63, 3.8) is 0 Å². The van der Waals surface area contributed by atoms with Gasteiger partial charge in [0.05, 0.1) is 42.4 Å². The van der Waals surface area contributed by atoms with Crippen LogP contribution in [-0.2, 0) is 36.9 Å². The minimum Gasteiger partial charge on any atom is -0.484 e. The van der Waals surface area contributed by atoms with Crippen LogP contribution < -0.4 is 40.1 Å². The number of benzene rings is 4. The second kappa shape index (κ2) is 28.8. The fourth-order valence-corrected chi connectivity index (χ4v) is 9.70. The summed E-state index contributed by atoms with van der Waals surface area (Å²) in [6, 6.07) is 25.0. The van der Waals surface area contributed by atoms with Crippen LogP contribution in [0.1, 0.15) is 59.6 Å². The second-order valence-electron chi connectivity index (χ2n) is 21.1. The number of amides is 5. The Balaban J connectivity index is 0.000000237. The van der Waals surface area contributed by atoms with Crippen LogP contribution in [0.25, 0.3) is 0 Å². The van der Waals surface area contributed by atoms with Gasteiger partial charge >= 0.3 is 18.3 Å². The lowest BCUT2D eigenvalue weighted by Gasteiger charge is -2.36. The van der Waals surface area contributed by atoms with Crippen molar-refractivity contribution >= 4 is 52.8 Å². The lowest BCUT2D eigenvalue weighted by Crippen LogP contribution is -2.50. The van der Waals surface area contributed by atoms with E-state index in [9.17, 15) is 28.4 Å². The molecular weight excluding hydrogens is 1050 g/mol. The molecule has 0 unspecified atom stereocenters. The van der Waals surface area contributed by atoms with Gasteiger partial charge in [-0.1, -0.05) is 52.0 Å². The Labute approximate surface area is 474 Å². The summed E-state index contributed by atoms with van der Waals surface area (Å²) >= 11 is 0. The van der Waals surface area contributed by atoms with E-state index < -0.39 is 41.6 Å². The molecule has 4 aliphatic heterocycles. The average molecular weight is 1130 g/mol. The van der Waals surface area contributed by atoms with Gasteiger partial charge in [0.15, 0.2) is 13.2 Å². The van der Waals surface area contributed by atoms with Gasteiger partial charge in [-0.25, -0.2) is 23.2 Å². The van der Waals surface area contributed by atoms with Crippen molar-refractivity contribution in [1.82, 2.24) is 24.9 Å². The molecule has 0 bridgehead atoms. The van der Waals surface area contributed by atoms with Crippen LogP contribution in [0.3, 0.4) is 0 Å². The number of halogens is 2. The molecule has 4 saturated heterocycles. The molecule has 20 nitrogen and oxygen atoms in total. The average Bonchev–Trinajstić information content (AvgIpc) is 4.26. The van der Waals surface area contributed by atoms with Crippen LogP contribution in [-0.4, -0.2) is 185 Å². The highest BCUT2D eigenvalue weighted by Gasteiger charge is 2.35. The molecule has 0 aliphatic carbocycles. The summed E-state index contributed by atoms with van der Waals surface area (Å²) in [4.78, 5) is 76.5. The highest BCUT2D eigenvalue weighted by Crippen LogP contribution is 2.31. The van der Waals surface area contributed by atoms with E-state index in [0.717, 1.165) is 39.3 Å². The van der Waals surface area contributed by atoms with E-state index >= 15 is 4.39 Å². The Kier molecular flexibility index (Phi) is 21.8. The number of nitrogens with zero attached hydrogens (tertiary/aromatic N) is 8. The van der Waals surface area contributed by atoms with Crippen LogP contribution in [0, 0.1) is 11.6 Å². The topological polar surface area (TPSA) is 195 Å². The molecule has 5 amide bonds. The van der Waals surface area contributed by atoms with Crippen molar-refractivity contribution in [2.24, 2.45) is 5.73 Å². The molecular formula is C59H80F2N10O10. The van der Waals surface area contributed by atoms with Gasteiger partial charge < -0.3 is 54.3 Å². The van der Waals surface area contributed by atoms with Gasteiger partial charge in [-0.3, -0.25) is 29.2 Å². The first-order chi connectivity index (χ1) is 38.9. The zero-order valence-corrected chi connectivity index (χ0v) is 47.9. The molecule has 4 aromatic carbocycles. The highest BCUT2D eigenvalue weighted by atomic mass is 19.1. The van der Waals surface area contributed by atoms with E-state index in [0.29, 0.717) is 93.2 Å². The number of carbonyl (C=O) groups is 5. The minimum absolute atomic E-state index is 0.0336. The molecule has 8 rings (SSSR count). The quantitative estimate of drug-likeness (QED) is 0.0816. The Bertz CT molecular complexity index is 2730. The smallest absolute Gasteiger partial charge is 0.414 e. The molecule has 0 spiro atoms. The van der Waals surface area contributed by atoms with Gasteiger partial charge in [0, 0.05) is 72.0 Å².